The SMILES string of the molecule is C=CCOc1ccc2c(c1)C1C(CCCCO)C(CCCCO)C=C3C(=NOC4CCCCO4)CC(N(C)S(=O)(=O)c4ccc(NC(C)=O)cc4)C(OCC=C)(O2)C31. The molecule has 1 saturated carbocycles. The second kappa shape index (κ2) is 19.8. The van der Waals surface area contributed by atoms with Crippen LogP contribution in [0.3, 0.4) is 0 Å². The summed E-state index contributed by atoms with van der Waals surface area (Å²) in [5, 5.41) is 27.2. The molecule has 4 aliphatic rings. The van der Waals surface area contributed by atoms with Gasteiger partial charge >= 0.3 is 0 Å². The van der Waals surface area contributed by atoms with Crippen LogP contribution in [-0.4, -0.2) is 92.8 Å². The van der Waals surface area contributed by atoms with Crippen LogP contribution in [0.1, 0.15) is 82.6 Å². The van der Waals surface area contributed by atoms with E-state index < -0.39 is 34.1 Å². The Morgan fingerprint density at radius 3 is 2.45 bits per heavy atom. The van der Waals surface area contributed by atoms with Gasteiger partial charge in [-0.15, -0.1) is 6.58 Å². The normalized spacial score (nSPS) is 27.1. The van der Waals surface area contributed by atoms with Gasteiger partial charge in [0.05, 0.1) is 35.8 Å². The summed E-state index contributed by atoms with van der Waals surface area (Å²) in [6.07, 6.45) is 12.1. The summed E-state index contributed by atoms with van der Waals surface area (Å²) in [7, 11) is -2.68. The maximum absolute atomic E-state index is 14.8. The van der Waals surface area contributed by atoms with Gasteiger partial charge < -0.3 is 39.3 Å². The number of hydrogen-bond acceptors (Lipinski definition) is 11. The molecule has 3 N–H and O–H groups in total. The third-order valence-corrected chi connectivity index (χ3v) is 13.6. The Labute approximate surface area is 342 Å². The van der Waals surface area contributed by atoms with Crippen molar-refractivity contribution in [3.8, 4) is 11.5 Å². The lowest BCUT2D eigenvalue weighted by Gasteiger charge is -2.59. The van der Waals surface area contributed by atoms with Crippen molar-refractivity contribution in [1.82, 2.24) is 4.31 Å². The van der Waals surface area contributed by atoms with E-state index in [2.05, 4.69) is 24.6 Å². The quantitative estimate of drug-likeness (QED) is 0.0745. The maximum atomic E-state index is 14.8. The van der Waals surface area contributed by atoms with E-state index in [-0.39, 0.29) is 54.8 Å². The van der Waals surface area contributed by atoms with Gasteiger partial charge in [-0.3, -0.25) is 4.79 Å². The average molecular weight is 822 g/mol. The van der Waals surface area contributed by atoms with Crippen LogP contribution in [0.15, 0.2) is 89.5 Å². The molecule has 0 spiro atoms. The molecule has 2 aliphatic heterocycles. The summed E-state index contributed by atoms with van der Waals surface area (Å²) in [5.74, 6) is -1.43. The number of nitrogens with zero attached hydrogens (tertiary/aromatic N) is 2. The highest BCUT2D eigenvalue weighted by Crippen LogP contribution is 2.62. The van der Waals surface area contributed by atoms with Gasteiger partial charge in [-0.2, -0.15) is 4.31 Å². The number of aliphatic hydroxyl groups excluding tert-OH is 2. The zero-order valence-corrected chi connectivity index (χ0v) is 34.5. The standard InChI is InChI=1S/C44H59N3O10S/c1-5-24-53-33-18-21-39-37(28-33)42-35(14-8-11-23-49)31(13-7-10-22-48)27-36-38(46-57-41-15-9-12-26-54-41)29-40(44(56-39,43(36)42)55-25-6-2)47(4)58(51,52)34-19-16-32(17-20-34)45-30(3)50/h5-6,16-21,27-28,31,35,40-43,48-49H,1-2,7-15,22-26,29H2,3-4H3,(H,45,50). The van der Waals surface area contributed by atoms with Crippen LogP contribution >= 0.6 is 0 Å². The smallest absolute Gasteiger partial charge is 0.243 e. The second-order valence-electron chi connectivity index (χ2n) is 15.5. The summed E-state index contributed by atoms with van der Waals surface area (Å²) in [5.41, 5.74) is 2.83. The largest absolute Gasteiger partial charge is 0.490 e. The zero-order valence-electron chi connectivity index (χ0n) is 33.7. The summed E-state index contributed by atoms with van der Waals surface area (Å²) in [4.78, 5) is 17.9. The number of likely N-dealkylation sites (N-methyl/N-ethyl adjacent to an activating group) is 1. The highest BCUT2D eigenvalue weighted by atomic mass is 32.2. The summed E-state index contributed by atoms with van der Waals surface area (Å²) >= 11 is 0. The molecule has 0 bridgehead atoms. The summed E-state index contributed by atoms with van der Waals surface area (Å²) < 4.78 is 56.9. The van der Waals surface area contributed by atoms with Crippen LogP contribution < -0.4 is 14.8 Å². The maximum Gasteiger partial charge on any atom is 0.243 e. The van der Waals surface area contributed by atoms with Crippen molar-refractivity contribution in [2.24, 2.45) is 22.9 Å². The van der Waals surface area contributed by atoms with Crippen LogP contribution in [0.25, 0.3) is 0 Å². The molecule has 0 radical (unpaired) electrons. The van der Waals surface area contributed by atoms with Gasteiger partial charge in [0.25, 0.3) is 0 Å². The molecule has 2 heterocycles. The van der Waals surface area contributed by atoms with Crippen molar-refractivity contribution in [2.45, 2.75) is 100 Å². The number of amides is 1. The highest BCUT2D eigenvalue weighted by molar-refractivity contribution is 7.89. The van der Waals surface area contributed by atoms with E-state index in [1.807, 2.05) is 18.2 Å². The molecule has 2 aliphatic carbocycles. The van der Waals surface area contributed by atoms with E-state index in [1.54, 1.807) is 24.3 Å². The Kier molecular flexibility index (Phi) is 14.9. The number of carbonyl (C=O) groups excluding carboxylic acids is 1. The van der Waals surface area contributed by atoms with Crippen molar-refractivity contribution >= 4 is 27.3 Å². The Bertz CT molecular complexity index is 1910. The monoisotopic (exact) mass is 821 g/mol. The molecule has 316 valence electrons. The van der Waals surface area contributed by atoms with Crippen LogP contribution in [0.4, 0.5) is 5.69 Å². The molecule has 2 aromatic carbocycles. The van der Waals surface area contributed by atoms with Crippen LogP contribution in [0.5, 0.6) is 11.5 Å². The first-order valence-electron chi connectivity index (χ1n) is 20.5. The molecule has 0 aromatic heterocycles. The third kappa shape index (κ3) is 9.37. The predicted octanol–water partition coefficient (Wildman–Crippen LogP) is 6.69. The molecule has 58 heavy (non-hydrogen) atoms. The second-order valence-corrected chi connectivity index (χ2v) is 17.5. The number of carbonyl (C=O) groups is 1. The highest BCUT2D eigenvalue weighted by Gasteiger charge is 2.65. The number of hydrogen-bond donors (Lipinski definition) is 3. The number of fused-ring (bicyclic) bond motifs is 2. The first-order chi connectivity index (χ1) is 28.1. The number of benzene rings is 2. The predicted molar refractivity (Wildman–Crippen MR) is 221 cm³/mol. The molecule has 13 nitrogen and oxygen atoms in total. The number of ether oxygens (including phenoxy) is 4. The Hall–Kier alpha value is -4.05. The molecule has 14 heteroatoms. The fraction of sp³-hybridized carbons (Fsp3) is 0.545. The fourth-order valence-electron chi connectivity index (χ4n) is 9.11. The molecule has 7 atom stereocenters. The number of nitrogens with one attached hydrogen (secondary N) is 1. The topological polar surface area (TPSA) is 165 Å². The number of sulfonamides is 1. The number of allylic oxidation sites excluding steroid dienone is 1. The van der Waals surface area contributed by atoms with E-state index in [9.17, 15) is 23.4 Å². The van der Waals surface area contributed by atoms with Gasteiger partial charge in [0, 0.05) is 57.2 Å². The molecule has 1 amide bonds. The van der Waals surface area contributed by atoms with E-state index in [1.165, 1.54) is 30.4 Å². The third-order valence-electron chi connectivity index (χ3n) is 11.7. The van der Waals surface area contributed by atoms with Crippen molar-refractivity contribution in [3.63, 3.8) is 0 Å². The van der Waals surface area contributed by atoms with E-state index in [0.717, 1.165) is 49.7 Å². The molecule has 1 saturated heterocycles. The van der Waals surface area contributed by atoms with Crippen molar-refractivity contribution in [3.05, 3.63) is 85.0 Å². The lowest BCUT2D eigenvalue weighted by molar-refractivity contribution is -0.250. The molecule has 2 aromatic rings. The molecule has 7 unspecified atom stereocenters. The summed E-state index contributed by atoms with van der Waals surface area (Å²) in [6, 6.07) is 10.8. The van der Waals surface area contributed by atoms with Gasteiger partial charge in [-0.1, -0.05) is 42.8 Å². The van der Waals surface area contributed by atoms with Crippen molar-refractivity contribution in [1.29, 1.82) is 0 Å². The van der Waals surface area contributed by atoms with Gasteiger partial charge in [-0.25, -0.2) is 8.42 Å². The van der Waals surface area contributed by atoms with E-state index in [0.29, 0.717) is 55.4 Å². The number of rotatable bonds is 20. The Balaban J connectivity index is 1.57. The number of unbranched alkanes of at least 4 members (excludes halogenated alkanes) is 2. The Morgan fingerprint density at radius 2 is 1.78 bits per heavy atom. The van der Waals surface area contributed by atoms with E-state index >= 15 is 0 Å². The van der Waals surface area contributed by atoms with E-state index in [4.69, 9.17) is 28.9 Å². The minimum Gasteiger partial charge on any atom is -0.490 e. The fourth-order valence-corrected chi connectivity index (χ4v) is 10.5. The minimum absolute atomic E-state index is 0.00818. The van der Waals surface area contributed by atoms with Crippen LogP contribution in [-0.2, 0) is 29.1 Å². The molecular formula is C44H59N3O10S. The van der Waals surface area contributed by atoms with Gasteiger partial charge in [0.15, 0.2) is 0 Å². The lowest BCUT2D eigenvalue weighted by Crippen LogP contribution is -2.69. The van der Waals surface area contributed by atoms with Gasteiger partial charge in [0.2, 0.25) is 28.0 Å². The lowest BCUT2D eigenvalue weighted by atomic mass is 9.55. The molecular weight excluding hydrogens is 763 g/mol. The first kappa shape index (κ1) is 43.5. The van der Waals surface area contributed by atoms with Gasteiger partial charge in [0.1, 0.15) is 18.1 Å². The summed E-state index contributed by atoms with van der Waals surface area (Å²) in [6.45, 7) is 10.3. The molecule has 6 rings (SSSR count). The first-order valence-corrected chi connectivity index (χ1v) is 22.0. The Morgan fingerprint density at radius 1 is 1.03 bits per heavy atom. The number of anilines is 1. The van der Waals surface area contributed by atoms with Crippen molar-refractivity contribution < 1.29 is 47.2 Å². The molecule has 2 fully saturated rings. The van der Waals surface area contributed by atoms with Crippen LogP contribution in [0.2, 0.25) is 0 Å². The van der Waals surface area contributed by atoms with Gasteiger partial charge in [-0.05, 0) is 98.4 Å². The zero-order chi connectivity index (χ0) is 41.3. The number of aliphatic hydroxyl groups is 2. The average Bonchev–Trinajstić information content (AvgIpc) is 3.22. The van der Waals surface area contributed by atoms with Crippen LogP contribution in [0, 0.1) is 17.8 Å². The number of oxime groups is 1. The van der Waals surface area contributed by atoms with Crippen molar-refractivity contribution in [2.75, 3.05) is 45.4 Å². The minimum atomic E-state index is -4.22.